The van der Waals surface area contributed by atoms with Gasteiger partial charge in [-0.2, -0.15) is 0 Å². The molecular formula is C14H11IO3. The molecule has 2 aromatic rings. The lowest BCUT2D eigenvalue weighted by Crippen LogP contribution is -2.36. The summed E-state index contributed by atoms with van der Waals surface area (Å²) in [5.41, 5.74) is -1.31. The van der Waals surface area contributed by atoms with E-state index in [1.807, 2.05) is 0 Å². The lowest BCUT2D eigenvalue weighted by molar-refractivity contribution is -0.155. The molecule has 0 aliphatic heterocycles. The number of carboxylic acid groups (broad SMARTS) is 1. The SMILES string of the molecule is O=C(O)[C@@](O)(c1ccccc1)c1ccc(I)cc1. The zero-order valence-corrected chi connectivity index (χ0v) is 11.5. The third-order valence-electron chi connectivity index (χ3n) is 2.76. The quantitative estimate of drug-likeness (QED) is 0.834. The summed E-state index contributed by atoms with van der Waals surface area (Å²) in [5.74, 6) is -1.28. The monoisotopic (exact) mass is 354 g/mol. The van der Waals surface area contributed by atoms with Crippen LogP contribution in [0.2, 0.25) is 0 Å². The van der Waals surface area contributed by atoms with E-state index in [0.29, 0.717) is 11.1 Å². The number of carbonyl (C=O) groups is 1. The van der Waals surface area contributed by atoms with Gasteiger partial charge in [-0.3, -0.25) is 0 Å². The van der Waals surface area contributed by atoms with Crippen molar-refractivity contribution in [2.75, 3.05) is 0 Å². The van der Waals surface area contributed by atoms with Gasteiger partial charge in [0.05, 0.1) is 0 Å². The fourth-order valence-electron chi connectivity index (χ4n) is 1.78. The molecule has 0 fully saturated rings. The Balaban J connectivity index is 2.58. The van der Waals surface area contributed by atoms with Gasteiger partial charge >= 0.3 is 5.97 Å². The second-order valence-electron chi connectivity index (χ2n) is 3.89. The minimum atomic E-state index is -2.01. The average molecular weight is 354 g/mol. The van der Waals surface area contributed by atoms with Gasteiger partial charge in [0.25, 0.3) is 0 Å². The van der Waals surface area contributed by atoms with Crippen LogP contribution in [0.25, 0.3) is 0 Å². The van der Waals surface area contributed by atoms with Gasteiger partial charge in [-0.05, 0) is 45.9 Å². The summed E-state index contributed by atoms with van der Waals surface area (Å²) >= 11 is 2.13. The van der Waals surface area contributed by atoms with Crippen molar-refractivity contribution in [3.05, 3.63) is 69.3 Å². The largest absolute Gasteiger partial charge is 0.479 e. The normalized spacial score (nSPS) is 13.9. The summed E-state index contributed by atoms with van der Waals surface area (Å²) in [7, 11) is 0. The highest BCUT2D eigenvalue weighted by Gasteiger charge is 2.39. The molecule has 0 bridgehead atoms. The molecule has 0 amide bonds. The van der Waals surface area contributed by atoms with Gasteiger partial charge < -0.3 is 10.2 Å². The zero-order chi connectivity index (χ0) is 13.2. The Bertz CT molecular complexity index is 551. The summed E-state index contributed by atoms with van der Waals surface area (Å²) in [4.78, 5) is 11.5. The maximum atomic E-state index is 11.5. The van der Waals surface area contributed by atoms with Crippen molar-refractivity contribution in [2.24, 2.45) is 0 Å². The van der Waals surface area contributed by atoms with Crippen LogP contribution in [0.5, 0.6) is 0 Å². The lowest BCUT2D eigenvalue weighted by Gasteiger charge is -2.24. The molecule has 2 rings (SSSR count). The third kappa shape index (κ3) is 2.26. The smallest absolute Gasteiger partial charge is 0.345 e. The summed E-state index contributed by atoms with van der Waals surface area (Å²) in [6.45, 7) is 0. The Labute approximate surface area is 118 Å². The minimum Gasteiger partial charge on any atom is -0.479 e. The number of carboxylic acids is 1. The molecule has 18 heavy (non-hydrogen) atoms. The van der Waals surface area contributed by atoms with Crippen molar-refractivity contribution in [1.82, 2.24) is 0 Å². The van der Waals surface area contributed by atoms with Crippen LogP contribution in [-0.4, -0.2) is 16.2 Å². The average Bonchev–Trinajstić information content (AvgIpc) is 2.39. The molecule has 0 saturated carbocycles. The number of hydrogen-bond donors (Lipinski definition) is 2. The Hall–Kier alpha value is -1.40. The molecule has 0 unspecified atom stereocenters. The molecule has 4 heteroatoms. The molecule has 3 nitrogen and oxygen atoms in total. The van der Waals surface area contributed by atoms with E-state index in [-0.39, 0.29) is 0 Å². The number of halogens is 1. The molecule has 0 radical (unpaired) electrons. The van der Waals surface area contributed by atoms with Gasteiger partial charge in [0.2, 0.25) is 5.60 Å². The van der Waals surface area contributed by atoms with Gasteiger partial charge in [-0.15, -0.1) is 0 Å². The summed E-state index contributed by atoms with van der Waals surface area (Å²) in [5, 5.41) is 19.9. The lowest BCUT2D eigenvalue weighted by atomic mass is 9.86. The van der Waals surface area contributed by atoms with Gasteiger partial charge in [0, 0.05) is 3.57 Å². The Morgan fingerprint density at radius 3 is 1.94 bits per heavy atom. The van der Waals surface area contributed by atoms with Crippen LogP contribution >= 0.6 is 22.6 Å². The first-order valence-electron chi connectivity index (χ1n) is 5.32. The van der Waals surface area contributed by atoms with Crippen molar-refractivity contribution in [3.8, 4) is 0 Å². The first kappa shape index (κ1) is 13.0. The van der Waals surface area contributed by atoms with Crippen molar-refractivity contribution < 1.29 is 15.0 Å². The molecule has 2 N–H and O–H groups in total. The number of rotatable bonds is 3. The topological polar surface area (TPSA) is 57.5 Å². The predicted molar refractivity (Wildman–Crippen MR) is 76.2 cm³/mol. The highest BCUT2D eigenvalue weighted by atomic mass is 127. The number of benzene rings is 2. The van der Waals surface area contributed by atoms with Crippen molar-refractivity contribution in [1.29, 1.82) is 0 Å². The molecular weight excluding hydrogens is 343 g/mol. The van der Waals surface area contributed by atoms with Crippen LogP contribution in [0.15, 0.2) is 54.6 Å². The summed E-state index contributed by atoms with van der Waals surface area (Å²) in [6, 6.07) is 15.2. The number of aliphatic hydroxyl groups is 1. The van der Waals surface area contributed by atoms with Crippen LogP contribution in [0.1, 0.15) is 11.1 Å². The highest BCUT2D eigenvalue weighted by Crippen LogP contribution is 2.30. The zero-order valence-electron chi connectivity index (χ0n) is 9.38. The van der Waals surface area contributed by atoms with Gasteiger partial charge in [0.1, 0.15) is 0 Å². The second-order valence-corrected chi connectivity index (χ2v) is 5.13. The standard InChI is InChI=1S/C14H11IO3/c15-12-8-6-11(7-9-12)14(18,13(16)17)10-4-2-1-3-5-10/h1-9,18H,(H,16,17)/t14-/m1/s1. The Kier molecular flexibility index (Phi) is 3.68. The van der Waals surface area contributed by atoms with E-state index in [4.69, 9.17) is 0 Å². The van der Waals surface area contributed by atoms with Crippen LogP contribution < -0.4 is 0 Å². The number of aliphatic carboxylic acids is 1. The van der Waals surface area contributed by atoms with Gasteiger partial charge in [0.15, 0.2) is 0 Å². The maximum Gasteiger partial charge on any atom is 0.345 e. The molecule has 92 valence electrons. The highest BCUT2D eigenvalue weighted by molar-refractivity contribution is 14.1. The molecule has 0 aliphatic carbocycles. The van der Waals surface area contributed by atoms with Crippen molar-refractivity contribution in [3.63, 3.8) is 0 Å². The molecule has 0 spiro atoms. The van der Waals surface area contributed by atoms with E-state index < -0.39 is 11.6 Å². The summed E-state index contributed by atoms with van der Waals surface area (Å²) in [6.07, 6.45) is 0. The molecule has 2 aromatic carbocycles. The first-order valence-corrected chi connectivity index (χ1v) is 6.40. The van der Waals surface area contributed by atoms with Crippen LogP contribution in [0.3, 0.4) is 0 Å². The fraction of sp³-hybridized carbons (Fsp3) is 0.0714. The van der Waals surface area contributed by atoms with Crippen molar-refractivity contribution >= 4 is 28.6 Å². The molecule has 0 heterocycles. The van der Waals surface area contributed by atoms with Gasteiger partial charge in [-0.25, -0.2) is 4.79 Å². The van der Waals surface area contributed by atoms with Crippen molar-refractivity contribution in [2.45, 2.75) is 5.60 Å². The maximum absolute atomic E-state index is 11.5. The third-order valence-corrected chi connectivity index (χ3v) is 3.48. The minimum absolute atomic E-state index is 0.346. The van der Waals surface area contributed by atoms with E-state index in [9.17, 15) is 15.0 Å². The molecule has 0 saturated heterocycles. The molecule has 0 aromatic heterocycles. The summed E-state index contributed by atoms with van der Waals surface area (Å²) < 4.78 is 0.983. The van der Waals surface area contributed by atoms with E-state index in [1.54, 1.807) is 54.6 Å². The van der Waals surface area contributed by atoms with E-state index in [0.717, 1.165) is 3.57 Å². The predicted octanol–water partition coefficient (Wildman–Crippen LogP) is 2.61. The molecule has 1 atom stereocenters. The van der Waals surface area contributed by atoms with Crippen LogP contribution in [-0.2, 0) is 10.4 Å². The fourth-order valence-corrected chi connectivity index (χ4v) is 2.14. The first-order chi connectivity index (χ1) is 8.55. The molecule has 0 aliphatic rings. The second kappa shape index (κ2) is 5.07. The van der Waals surface area contributed by atoms with Crippen LogP contribution in [0, 0.1) is 3.57 Å². The van der Waals surface area contributed by atoms with Gasteiger partial charge in [-0.1, -0.05) is 42.5 Å². The number of hydrogen-bond acceptors (Lipinski definition) is 2. The Morgan fingerprint density at radius 2 is 1.44 bits per heavy atom. The van der Waals surface area contributed by atoms with E-state index in [2.05, 4.69) is 22.6 Å². The Morgan fingerprint density at radius 1 is 0.944 bits per heavy atom. The van der Waals surface area contributed by atoms with E-state index >= 15 is 0 Å². The van der Waals surface area contributed by atoms with E-state index in [1.165, 1.54) is 0 Å². The van der Waals surface area contributed by atoms with Crippen LogP contribution in [0.4, 0.5) is 0 Å².